The van der Waals surface area contributed by atoms with Crippen LogP contribution in [0.1, 0.15) is 64.9 Å². The van der Waals surface area contributed by atoms with Crippen molar-refractivity contribution in [3.05, 3.63) is 35.9 Å². The molecule has 1 aromatic carbocycles. The van der Waals surface area contributed by atoms with Crippen molar-refractivity contribution in [3.8, 4) is 11.5 Å². The summed E-state index contributed by atoms with van der Waals surface area (Å²) in [5.74, 6) is 3.20. The van der Waals surface area contributed by atoms with Gasteiger partial charge in [-0.3, -0.25) is 0 Å². The summed E-state index contributed by atoms with van der Waals surface area (Å²) in [6.45, 7) is 8.38. The van der Waals surface area contributed by atoms with Crippen LogP contribution in [0.5, 0.6) is 0 Å². The van der Waals surface area contributed by atoms with Crippen molar-refractivity contribution in [2.24, 2.45) is 0 Å². The van der Waals surface area contributed by atoms with E-state index < -0.39 is 8.80 Å². The Balaban J connectivity index is 2.90. The monoisotopic (exact) mass is 348 g/mol. The highest BCUT2D eigenvalue weighted by Crippen LogP contribution is 2.13. The normalized spacial score (nSPS) is 11.1. The molecular formula is C20H32O3Si. The lowest BCUT2D eigenvalue weighted by atomic mass is 10.2. The van der Waals surface area contributed by atoms with Crippen LogP contribution < -0.4 is 0 Å². The van der Waals surface area contributed by atoms with Gasteiger partial charge in [-0.1, -0.05) is 64.2 Å². The standard InChI is InChI=1S/C20H32O3Si/c1-4-7-16-21-24(22-17-8-5-2,23-18-9-6-3)19-15-20-13-11-10-12-14-20/h10-14H,4-9,16-18H2,1-3H3. The molecule has 0 saturated heterocycles. The van der Waals surface area contributed by atoms with Gasteiger partial charge in [0.25, 0.3) is 0 Å². The van der Waals surface area contributed by atoms with E-state index in [2.05, 4.69) is 32.2 Å². The fourth-order valence-electron chi connectivity index (χ4n) is 1.96. The molecule has 0 spiro atoms. The molecule has 134 valence electrons. The van der Waals surface area contributed by atoms with E-state index in [9.17, 15) is 0 Å². The Kier molecular flexibility index (Phi) is 11.5. The van der Waals surface area contributed by atoms with E-state index in [0.29, 0.717) is 19.8 Å². The van der Waals surface area contributed by atoms with Crippen molar-refractivity contribution in [1.82, 2.24) is 0 Å². The van der Waals surface area contributed by atoms with Gasteiger partial charge in [0, 0.05) is 25.4 Å². The van der Waals surface area contributed by atoms with Crippen LogP contribution in [0, 0.1) is 11.5 Å². The predicted octanol–water partition coefficient (Wildman–Crippen LogP) is 4.97. The summed E-state index contributed by atoms with van der Waals surface area (Å²) in [6, 6.07) is 9.96. The Labute approximate surface area is 149 Å². The Bertz CT molecular complexity index is 452. The first-order chi connectivity index (χ1) is 11.8. The van der Waals surface area contributed by atoms with Gasteiger partial charge >= 0.3 is 8.80 Å². The van der Waals surface area contributed by atoms with Crippen LogP contribution >= 0.6 is 0 Å². The van der Waals surface area contributed by atoms with E-state index >= 15 is 0 Å². The highest BCUT2D eigenvalue weighted by Gasteiger charge is 2.40. The topological polar surface area (TPSA) is 27.7 Å². The predicted molar refractivity (Wildman–Crippen MR) is 102 cm³/mol. The second-order valence-electron chi connectivity index (χ2n) is 5.78. The molecule has 0 aliphatic rings. The van der Waals surface area contributed by atoms with Crippen molar-refractivity contribution in [3.63, 3.8) is 0 Å². The van der Waals surface area contributed by atoms with Crippen LogP contribution in [0.15, 0.2) is 30.3 Å². The lowest BCUT2D eigenvalue weighted by Crippen LogP contribution is -2.46. The van der Waals surface area contributed by atoms with Crippen LogP contribution in [0.2, 0.25) is 0 Å². The summed E-state index contributed by atoms with van der Waals surface area (Å²) in [6.07, 6.45) is 6.24. The van der Waals surface area contributed by atoms with E-state index in [0.717, 1.165) is 44.1 Å². The van der Waals surface area contributed by atoms with Crippen LogP contribution in [0.4, 0.5) is 0 Å². The number of unbranched alkanes of at least 4 members (excludes halogenated alkanes) is 3. The number of hydrogen-bond donors (Lipinski definition) is 0. The first-order valence-electron chi connectivity index (χ1n) is 9.26. The van der Waals surface area contributed by atoms with Crippen LogP contribution in [-0.4, -0.2) is 28.6 Å². The highest BCUT2D eigenvalue weighted by atomic mass is 28.4. The van der Waals surface area contributed by atoms with Crippen molar-refractivity contribution in [1.29, 1.82) is 0 Å². The zero-order valence-corrected chi connectivity index (χ0v) is 16.5. The smallest absolute Gasteiger partial charge is 0.364 e. The van der Waals surface area contributed by atoms with Crippen molar-refractivity contribution in [2.45, 2.75) is 59.3 Å². The van der Waals surface area contributed by atoms with Crippen molar-refractivity contribution >= 4 is 8.80 Å². The maximum absolute atomic E-state index is 6.11. The summed E-state index contributed by atoms with van der Waals surface area (Å²) in [5.41, 5.74) is 4.21. The molecule has 0 N–H and O–H groups in total. The van der Waals surface area contributed by atoms with Crippen LogP contribution in [0.25, 0.3) is 0 Å². The number of benzene rings is 1. The Morgan fingerprint density at radius 3 is 1.62 bits per heavy atom. The van der Waals surface area contributed by atoms with Gasteiger partial charge in [-0.05, 0) is 36.9 Å². The SMILES string of the molecule is CCCCO[Si](C#Cc1ccccc1)(OCCCC)OCCCC. The fourth-order valence-corrected chi connectivity index (χ4v) is 3.96. The van der Waals surface area contributed by atoms with Gasteiger partial charge in [0.05, 0.1) is 0 Å². The molecule has 0 aliphatic heterocycles. The first kappa shape index (κ1) is 20.9. The minimum Gasteiger partial charge on any atom is -0.364 e. The molecule has 0 heterocycles. The molecule has 0 bridgehead atoms. The minimum absolute atomic E-state index is 0.643. The van der Waals surface area contributed by atoms with Gasteiger partial charge in [0.2, 0.25) is 0 Å². The number of hydrogen-bond acceptors (Lipinski definition) is 3. The van der Waals surface area contributed by atoms with E-state index in [4.69, 9.17) is 13.3 Å². The van der Waals surface area contributed by atoms with Gasteiger partial charge in [0.1, 0.15) is 0 Å². The van der Waals surface area contributed by atoms with E-state index in [1.165, 1.54) is 0 Å². The van der Waals surface area contributed by atoms with Crippen molar-refractivity contribution in [2.75, 3.05) is 19.8 Å². The van der Waals surface area contributed by atoms with E-state index in [1.54, 1.807) is 0 Å². The molecular weight excluding hydrogens is 316 g/mol. The molecule has 0 amide bonds. The molecule has 0 fully saturated rings. The third-order valence-electron chi connectivity index (χ3n) is 3.50. The molecule has 3 nitrogen and oxygen atoms in total. The third-order valence-corrected chi connectivity index (χ3v) is 5.69. The van der Waals surface area contributed by atoms with Crippen molar-refractivity contribution < 1.29 is 13.3 Å². The maximum Gasteiger partial charge on any atom is 0.591 e. The summed E-state index contributed by atoms with van der Waals surface area (Å²) in [7, 11) is -2.95. The lowest BCUT2D eigenvalue weighted by Gasteiger charge is -2.24. The van der Waals surface area contributed by atoms with E-state index in [-0.39, 0.29) is 0 Å². The van der Waals surface area contributed by atoms with Gasteiger partial charge in [-0.2, -0.15) is 0 Å². The highest BCUT2D eigenvalue weighted by molar-refractivity contribution is 6.69. The zero-order chi connectivity index (χ0) is 17.5. The summed E-state index contributed by atoms with van der Waals surface area (Å²) >= 11 is 0. The Morgan fingerprint density at radius 2 is 1.21 bits per heavy atom. The first-order valence-corrected chi connectivity index (χ1v) is 11.0. The lowest BCUT2D eigenvalue weighted by molar-refractivity contribution is 0.0711. The summed E-state index contributed by atoms with van der Waals surface area (Å²) in [5, 5.41) is 0. The zero-order valence-electron chi connectivity index (χ0n) is 15.5. The molecule has 0 unspecified atom stereocenters. The van der Waals surface area contributed by atoms with Crippen LogP contribution in [0.3, 0.4) is 0 Å². The molecule has 0 aliphatic carbocycles. The minimum atomic E-state index is -2.95. The number of rotatable bonds is 12. The van der Waals surface area contributed by atoms with Crippen LogP contribution in [-0.2, 0) is 13.3 Å². The summed E-state index contributed by atoms with van der Waals surface area (Å²) < 4.78 is 18.3. The van der Waals surface area contributed by atoms with Gasteiger partial charge in [0.15, 0.2) is 0 Å². The average Bonchev–Trinajstić information content (AvgIpc) is 2.61. The second-order valence-corrected chi connectivity index (χ2v) is 8.01. The molecule has 0 atom stereocenters. The van der Waals surface area contributed by atoms with Gasteiger partial charge < -0.3 is 13.3 Å². The fraction of sp³-hybridized carbons (Fsp3) is 0.600. The van der Waals surface area contributed by atoms with Gasteiger partial charge in [-0.15, -0.1) is 0 Å². The molecule has 4 heteroatoms. The molecule has 24 heavy (non-hydrogen) atoms. The molecule has 0 aromatic heterocycles. The van der Waals surface area contributed by atoms with E-state index in [1.807, 2.05) is 30.3 Å². The molecule has 0 saturated carbocycles. The second kappa shape index (κ2) is 13.2. The Morgan fingerprint density at radius 1 is 0.750 bits per heavy atom. The molecule has 1 rings (SSSR count). The summed E-state index contributed by atoms with van der Waals surface area (Å²) in [4.78, 5) is 0. The van der Waals surface area contributed by atoms with Gasteiger partial charge in [-0.25, -0.2) is 0 Å². The molecule has 0 radical (unpaired) electrons. The Hall–Kier alpha value is -1.12. The largest absolute Gasteiger partial charge is 0.591 e. The third kappa shape index (κ3) is 8.65. The maximum atomic E-state index is 6.11. The molecule has 1 aromatic rings. The quantitative estimate of drug-likeness (QED) is 0.303. The average molecular weight is 349 g/mol.